The first kappa shape index (κ1) is 16.4. The van der Waals surface area contributed by atoms with Gasteiger partial charge in [-0.1, -0.05) is 30.3 Å². The zero-order valence-electron chi connectivity index (χ0n) is 13.6. The Morgan fingerprint density at radius 1 is 0.917 bits per heavy atom. The third-order valence-electron chi connectivity index (χ3n) is 3.63. The maximum atomic E-state index is 12.2. The lowest BCUT2D eigenvalue weighted by molar-refractivity contribution is 0.520. The van der Waals surface area contributed by atoms with Crippen molar-refractivity contribution >= 4 is 10.0 Å². The first-order chi connectivity index (χ1) is 11.4. The molecular weight excluding hydrogens is 326 g/mol. The molecule has 0 N–H and O–H groups in total. The van der Waals surface area contributed by atoms with Gasteiger partial charge in [-0.15, -0.1) is 10.2 Å². The summed E-state index contributed by atoms with van der Waals surface area (Å²) in [5.74, 6) is 0.931. The van der Waals surface area contributed by atoms with E-state index < -0.39 is 10.0 Å². The van der Waals surface area contributed by atoms with Gasteiger partial charge in [0.15, 0.2) is 0 Å². The van der Waals surface area contributed by atoms with Gasteiger partial charge in [-0.05, 0) is 29.3 Å². The average molecular weight is 343 g/mol. The lowest BCUT2D eigenvalue weighted by Crippen LogP contribution is -2.22. The molecule has 0 saturated carbocycles. The summed E-state index contributed by atoms with van der Waals surface area (Å²) in [7, 11) is -0.422. The predicted octanol–water partition coefficient (Wildman–Crippen LogP) is 2.96. The third kappa shape index (κ3) is 2.95. The lowest BCUT2D eigenvalue weighted by atomic mass is 10.00. The predicted molar refractivity (Wildman–Crippen MR) is 90.8 cm³/mol. The van der Waals surface area contributed by atoms with E-state index in [4.69, 9.17) is 4.42 Å². The second-order valence-electron chi connectivity index (χ2n) is 5.48. The molecule has 0 amide bonds. The molecule has 0 spiro atoms. The zero-order chi connectivity index (χ0) is 17.3. The zero-order valence-corrected chi connectivity index (χ0v) is 14.4. The normalized spacial score (nSPS) is 11.8. The average Bonchev–Trinajstić information content (AvgIpc) is 3.01. The maximum absolute atomic E-state index is 12.2. The Morgan fingerprint density at radius 2 is 1.54 bits per heavy atom. The standard InChI is InChI=1S/C17H17N3O3S/c1-12-18-19-17(23-12)16-7-5-4-6-15(16)13-8-10-14(11-9-13)24(21,22)20(2)3/h4-11H,1-3H3. The highest BCUT2D eigenvalue weighted by atomic mass is 32.2. The van der Waals surface area contributed by atoms with Crippen LogP contribution in [0.2, 0.25) is 0 Å². The van der Waals surface area contributed by atoms with E-state index in [1.807, 2.05) is 24.3 Å². The quantitative estimate of drug-likeness (QED) is 0.728. The van der Waals surface area contributed by atoms with Crippen LogP contribution in [0.15, 0.2) is 57.8 Å². The van der Waals surface area contributed by atoms with Crippen molar-refractivity contribution in [2.24, 2.45) is 0 Å². The number of nitrogens with zero attached hydrogens (tertiary/aromatic N) is 3. The summed E-state index contributed by atoms with van der Waals surface area (Å²) in [4.78, 5) is 0.252. The van der Waals surface area contributed by atoms with Crippen LogP contribution in [0.5, 0.6) is 0 Å². The van der Waals surface area contributed by atoms with Crippen molar-refractivity contribution in [2.45, 2.75) is 11.8 Å². The fourth-order valence-corrected chi connectivity index (χ4v) is 3.25. The minimum absolute atomic E-state index is 0.252. The molecule has 24 heavy (non-hydrogen) atoms. The minimum Gasteiger partial charge on any atom is -0.421 e. The number of rotatable bonds is 4. The van der Waals surface area contributed by atoms with E-state index in [1.54, 1.807) is 31.2 Å². The molecule has 0 bridgehead atoms. The van der Waals surface area contributed by atoms with Crippen molar-refractivity contribution < 1.29 is 12.8 Å². The number of sulfonamides is 1. The van der Waals surface area contributed by atoms with Gasteiger partial charge >= 0.3 is 0 Å². The highest BCUT2D eigenvalue weighted by molar-refractivity contribution is 7.89. The highest BCUT2D eigenvalue weighted by Gasteiger charge is 2.18. The number of benzene rings is 2. The Morgan fingerprint density at radius 3 is 2.08 bits per heavy atom. The van der Waals surface area contributed by atoms with Crippen molar-refractivity contribution in [1.29, 1.82) is 0 Å². The summed E-state index contributed by atoms with van der Waals surface area (Å²) in [5, 5.41) is 7.93. The summed E-state index contributed by atoms with van der Waals surface area (Å²) >= 11 is 0. The van der Waals surface area contributed by atoms with Crippen molar-refractivity contribution in [3.8, 4) is 22.6 Å². The van der Waals surface area contributed by atoms with Gasteiger partial charge in [-0.25, -0.2) is 12.7 Å². The van der Waals surface area contributed by atoms with Crippen LogP contribution in [0.25, 0.3) is 22.6 Å². The fraction of sp³-hybridized carbons (Fsp3) is 0.176. The molecule has 3 rings (SSSR count). The van der Waals surface area contributed by atoms with E-state index >= 15 is 0 Å². The monoisotopic (exact) mass is 343 g/mol. The molecule has 0 atom stereocenters. The van der Waals surface area contributed by atoms with Crippen molar-refractivity contribution in [2.75, 3.05) is 14.1 Å². The van der Waals surface area contributed by atoms with Crippen LogP contribution in [0, 0.1) is 6.92 Å². The Hall–Kier alpha value is -2.51. The molecule has 0 aliphatic heterocycles. The molecule has 1 aromatic heterocycles. The van der Waals surface area contributed by atoms with E-state index in [-0.39, 0.29) is 4.90 Å². The molecule has 0 unspecified atom stereocenters. The van der Waals surface area contributed by atoms with Crippen LogP contribution >= 0.6 is 0 Å². The molecular formula is C17H17N3O3S. The van der Waals surface area contributed by atoms with Gasteiger partial charge in [0.25, 0.3) is 0 Å². The molecule has 2 aromatic carbocycles. The van der Waals surface area contributed by atoms with Crippen LogP contribution in [0.4, 0.5) is 0 Å². The summed E-state index contributed by atoms with van der Waals surface area (Å²) < 4.78 is 31.0. The first-order valence-electron chi connectivity index (χ1n) is 7.32. The Bertz CT molecular complexity index is 961. The summed E-state index contributed by atoms with van der Waals surface area (Å²) in [6.45, 7) is 1.74. The molecule has 7 heteroatoms. The number of aromatic nitrogens is 2. The van der Waals surface area contributed by atoms with E-state index in [0.29, 0.717) is 11.8 Å². The van der Waals surface area contributed by atoms with Crippen molar-refractivity contribution in [1.82, 2.24) is 14.5 Å². The molecule has 124 valence electrons. The van der Waals surface area contributed by atoms with Crippen LogP contribution in [-0.2, 0) is 10.0 Å². The van der Waals surface area contributed by atoms with E-state index in [1.165, 1.54) is 18.4 Å². The first-order valence-corrected chi connectivity index (χ1v) is 8.76. The van der Waals surface area contributed by atoms with Gasteiger partial charge in [0.2, 0.25) is 21.8 Å². The van der Waals surface area contributed by atoms with Gasteiger partial charge in [0.05, 0.1) is 4.90 Å². The summed E-state index contributed by atoms with van der Waals surface area (Å²) in [6.07, 6.45) is 0. The van der Waals surface area contributed by atoms with Crippen LogP contribution < -0.4 is 0 Å². The number of aryl methyl sites for hydroxylation is 1. The SMILES string of the molecule is Cc1nnc(-c2ccccc2-c2ccc(S(=O)(=O)N(C)C)cc2)o1. The van der Waals surface area contributed by atoms with E-state index in [9.17, 15) is 8.42 Å². The van der Waals surface area contributed by atoms with E-state index in [0.717, 1.165) is 16.7 Å². The summed E-state index contributed by atoms with van der Waals surface area (Å²) in [6, 6.07) is 14.4. The largest absolute Gasteiger partial charge is 0.421 e. The highest BCUT2D eigenvalue weighted by Crippen LogP contribution is 2.31. The van der Waals surface area contributed by atoms with Crippen LogP contribution in [0.3, 0.4) is 0 Å². The Kier molecular flexibility index (Phi) is 4.21. The Labute approximate surface area is 140 Å². The number of hydrogen-bond acceptors (Lipinski definition) is 5. The molecule has 0 aliphatic rings. The molecule has 6 nitrogen and oxygen atoms in total. The second-order valence-corrected chi connectivity index (χ2v) is 7.64. The molecule has 1 heterocycles. The Balaban J connectivity index is 2.05. The van der Waals surface area contributed by atoms with Gasteiger partial charge in [-0.2, -0.15) is 0 Å². The summed E-state index contributed by atoms with van der Waals surface area (Å²) in [5.41, 5.74) is 2.58. The van der Waals surface area contributed by atoms with Crippen molar-refractivity contribution in [3.63, 3.8) is 0 Å². The molecule has 0 fully saturated rings. The number of hydrogen-bond donors (Lipinski definition) is 0. The van der Waals surface area contributed by atoms with Crippen LogP contribution in [-0.4, -0.2) is 37.0 Å². The minimum atomic E-state index is -3.44. The van der Waals surface area contributed by atoms with Crippen LogP contribution in [0.1, 0.15) is 5.89 Å². The molecule has 0 radical (unpaired) electrons. The van der Waals surface area contributed by atoms with Gasteiger partial charge < -0.3 is 4.42 Å². The van der Waals surface area contributed by atoms with Gasteiger partial charge in [-0.3, -0.25) is 0 Å². The lowest BCUT2D eigenvalue weighted by Gasteiger charge is -2.12. The van der Waals surface area contributed by atoms with Gasteiger partial charge in [0, 0.05) is 26.6 Å². The van der Waals surface area contributed by atoms with Crippen molar-refractivity contribution in [3.05, 3.63) is 54.4 Å². The topological polar surface area (TPSA) is 76.3 Å². The molecule has 3 aromatic rings. The molecule has 0 aliphatic carbocycles. The molecule has 0 saturated heterocycles. The van der Waals surface area contributed by atoms with E-state index in [2.05, 4.69) is 10.2 Å². The fourth-order valence-electron chi connectivity index (χ4n) is 2.34. The van der Waals surface area contributed by atoms with Gasteiger partial charge in [0.1, 0.15) is 0 Å². The smallest absolute Gasteiger partial charge is 0.248 e. The maximum Gasteiger partial charge on any atom is 0.248 e. The third-order valence-corrected chi connectivity index (χ3v) is 5.46. The second kappa shape index (κ2) is 6.18.